The van der Waals surface area contributed by atoms with Gasteiger partial charge in [0.2, 0.25) is 0 Å². The fourth-order valence-electron chi connectivity index (χ4n) is 2.02. The second-order valence-electron chi connectivity index (χ2n) is 4.70. The summed E-state index contributed by atoms with van der Waals surface area (Å²) in [6.45, 7) is 3.63. The number of aryl methyl sites for hydroxylation is 1. The van der Waals surface area contributed by atoms with Gasteiger partial charge in [-0.2, -0.15) is 11.8 Å². The van der Waals surface area contributed by atoms with Crippen LogP contribution in [0.2, 0.25) is 0 Å². The highest BCUT2D eigenvalue weighted by Gasteiger charge is 2.30. The van der Waals surface area contributed by atoms with E-state index in [1.165, 1.54) is 11.1 Å². The van der Waals surface area contributed by atoms with Gasteiger partial charge in [-0.05, 0) is 42.4 Å². The average molecular weight is 316 g/mol. The second kappa shape index (κ2) is 5.74. The Morgan fingerprint density at radius 3 is 3.00 bits per heavy atom. The van der Waals surface area contributed by atoms with E-state index in [0.29, 0.717) is 6.54 Å². The van der Waals surface area contributed by atoms with E-state index in [9.17, 15) is 5.11 Å². The Balaban J connectivity index is 1.85. The van der Waals surface area contributed by atoms with E-state index in [4.69, 9.17) is 0 Å². The van der Waals surface area contributed by atoms with Crippen molar-refractivity contribution in [3.63, 3.8) is 0 Å². The van der Waals surface area contributed by atoms with E-state index in [2.05, 4.69) is 46.4 Å². The van der Waals surface area contributed by atoms with E-state index < -0.39 is 5.60 Å². The lowest BCUT2D eigenvalue weighted by molar-refractivity contribution is 0.0674. The molecule has 0 saturated carbocycles. The maximum Gasteiger partial charge on any atom is 0.0869 e. The lowest BCUT2D eigenvalue weighted by Crippen LogP contribution is -2.40. The van der Waals surface area contributed by atoms with Crippen LogP contribution in [0.4, 0.5) is 0 Å². The SMILES string of the molecule is Cc1cc(Br)ccc1CNCC1(O)CCSC1. The molecule has 0 amide bonds. The molecule has 1 saturated heterocycles. The third-order valence-electron chi connectivity index (χ3n) is 3.16. The lowest BCUT2D eigenvalue weighted by atomic mass is 10.0. The summed E-state index contributed by atoms with van der Waals surface area (Å²) in [7, 11) is 0. The number of hydrogen-bond donors (Lipinski definition) is 2. The monoisotopic (exact) mass is 315 g/mol. The zero-order valence-electron chi connectivity index (χ0n) is 10.0. The molecule has 1 fully saturated rings. The first kappa shape index (κ1) is 13.4. The van der Waals surface area contributed by atoms with Gasteiger partial charge in [0.15, 0.2) is 0 Å². The van der Waals surface area contributed by atoms with Crippen LogP contribution in [0.15, 0.2) is 22.7 Å². The van der Waals surface area contributed by atoms with Crippen molar-refractivity contribution in [2.45, 2.75) is 25.5 Å². The van der Waals surface area contributed by atoms with Crippen molar-refractivity contribution >= 4 is 27.7 Å². The summed E-state index contributed by atoms with van der Waals surface area (Å²) in [5.74, 6) is 1.94. The molecule has 0 aromatic heterocycles. The maximum atomic E-state index is 10.2. The van der Waals surface area contributed by atoms with E-state index in [1.807, 2.05) is 11.8 Å². The predicted molar refractivity (Wildman–Crippen MR) is 77.5 cm³/mol. The van der Waals surface area contributed by atoms with Gasteiger partial charge in [-0.3, -0.25) is 0 Å². The number of rotatable bonds is 4. The van der Waals surface area contributed by atoms with Crippen LogP contribution in [0.1, 0.15) is 17.5 Å². The summed E-state index contributed by atoms with van der Waals surface area (Å²) in [6.07, 6.45) is 0.907. The summed E-state index contributed by atoms with van der Waals surface area (Å²) in [5.41, 5.74) is 2.08. The Bertz CT molecular complexity index is 391. The van der Waals surface area contributed by atoms with Crippen molar-refractivity contribution in [1.82, 2.24) is 5.32 Å². The lowest BCUT2D eigenvalue weighted by Gasteiger charge is -2.22. The molecule has 2 N–H and O–H groups in total. The normalized spacial score (nSPS) is 24.2. The van der Waals surface area contributed by atoms with Crippen LogP contribution in [-0.4, -0.2) is 28.8 Å². The molecule has 4 heteroatoms. The smallest absolute Gasteiger partial charge is 0.0869 e. The van der Waals surface area contributed by atoms with Gasteiger partial charge in [0, 0.05) is 23.3 Å². The molecule has 2 nitrogen and oxygen atoms in total. The van der Waals surface area contributed by atoms with Crippen molar-refractivity contribution in [1.29, 1.82) is 0 Å². The maximum absolute atomic E-state index is 10.2. The van der Waals surface area contributed by atoms with Gasteiger partial charge in [0.25, 0.3) is 0 Å². The van der Waals surface area contributed by atoms with Crippen LogP contribution in [0.25, 0.3) is 0 Å². The molecule has 1 aromatic rings. The molecule has 1 aliphatic rings. The van der Waals surface area contributed by atoms with Crippen molar-refractivity contribution in [2.24, 2.45) is 0 Å². The van der Waals surface area contributed by atoms with Gasteiger partial charge < -0.3 is 10.4 Å². The minimum absolute atomic E-state index is 0.492. The molecule has 17 heavy (non-hydrogen) atoms. The molecule has 1 unspecified atom stereocenters. The van der Waals surface area contributed by atoms with Crippen molar-refractivity contribution in [3.8, 4) is 0 Å². The molecule has 94 valence electrons. The predicted octanol–water partition coefficient (Wildman–Crippen LogP) is 2.72. The molecule has 0 radical (unpaired) electrons. The second-order valence-corrected chi connectivity index (χ2v) is 6.72. The number of nitrogens with one attached hydrogen (secondary N) is 1. The van der Waals surface area contributed by atoms with Crippen LogP contribution < -0.4 is 5.32 Å². The zero-order chi connectivity index (χ0) is 12.3. The Morgan fingerprint density at radius 1 is 1.53 bits per heavy atom. The summed E-state index contributed by atoms with van der Waals surface area (Å²) in [6, 6.07) is 6.31. The van der Waals surface area contributed by atoms with E-state index >= 15 is 0 Å². The summed E-state index contributed by atoms with van der Waals surface area (Å²) < 4.78 is 1.12. The van der Waals surface area contributed by atoms with E-state index in [0.717, 1.165) is 28.9 Å². The molecule has 2 rings (SSSR count). The largest absolute Gasteiger partial charge is 0.388 e. The van der Waals surface area contributed by atoms with Gasteiger partial charge in [-0.15, -0.1) is 0 Å². The minimum Gasteiger partial charge on any atom is -0.388 e. The van der Waals surface area contributed by atoms with Crippen LogP contribution in [0.3, 0.4) is 0 Å². The van der Waals surface area contributed by atoms with Gasteiger partial charge in [0.1, 0.15) is 0 Å². The summed E-state index contributed by atoms with van der Waals surface area (Å²) in [4.78, 5) is 0. The van der Waals surface area contributed by atoms with Gasteiger partial charge in [-0.25, -0.2) is 0 Å². The standard InChI is InChI=1S/C13H18BrNOS/c1-10-6-12(14)3-2-11(10)7-15-8-13(16)4-5-17-9-13/h2-3,6,15-16H,4-5,7-9H2,1H3. The Kier molecular flexibility index (Phi) is 4.53. The highest BCUT2D eigenvalue weighted by atomic mass is 79.9. The summed E-state index contributed by atoms with van der Waals surface area (Å²) >= 11 is 5.30. The number of thioether (sulfide) groups is 1. The molecule has 1 aliphatic heterocycles. The minimum atomic E-state index is -0.492. The van der Waals surface area contributed by atoms with Gasteiger partial charge in [-0.1, -0.05) is 22.0 Å². The van der Waals surface area contributed by atoms with Crippen molar-refractivity contribution < 1.29 is 5.11 Å². The quantitative estimate of drug-likeness (QED) is 0.896. The van der Waals surface area contributed by atoms with E-state index in [1.54, 1.807) is 0 Å². The number of benzene rings is 1. The van der Waals surface area contributed by atoms with Crippen LogP contribution >= 0.6 is 27.7 Å². The van der Waals surface area contributed by atoms with Gasteiger partial charge >= 0.3 is 0 Å². The molecular weight excluding hydrogens is 298 g/mol. The summed E-state index contributed by atoms with van der Waals surface area (Å²) in [5, 5.41) is 13.6. The molecule has 1 heterocycles. The average Bonchev–Trinajstić information content (AvgIpc) is 2.69. The third-order valence-corrected chi connectivity index (χ3v) is 4.88. The van der Waals surface area contributed by atoms with Crippen molar-refractivity contribution in [3.05, 3.63) is 33.8 Å². The molecule has 1 aromatic carbocycles. The topological polar surface area (TPSA) is 32.3 Å². The highest BCUT2D eigenvalue weighted by molar-refractivity contribution is 9.10. The first-order valence-electron chi connectivity index (χ1n) is 5.85. The zero-order valence-corrected chi connectivity index (χ0v) is 12.4. The fraction of sp³-hybridized carbons (Fsp3) is 0.538. The molecular formula is C13H18BrNOS. The number of hydrogen-bond acceptors (Lipinski definition) is 3. The van der Waals surface area contributed by atoms with Gasteiger partial charge in [0.05, 0.1) is 5.60 Å². The molecule has 1 atom stereocenters. The first-order chi connectivity index (χ1) is 8.09. The molecule has 0 bridgehead atoms. The van der Waals surface area contributed by atoms with Crippen LogP contribution in [0.5, 0.6) is 0 Å². The highest BCUT2D eigenvalue weighted by Crippen LogP contribution is 2.27. The number of halogens is 1. The van der Waals surface area contributed by atoms with Crippen LogP contribution in [-0.2, 0) is 6.54 Å². The Morgan fingerprint density at radius 2 is 2.35 bits per heavy atom. The fourth-order valence-corrected chi connectivity index (χ4v) is 3.79. The Hall–Kier alpha value is -0.0300. The van der Waals surface area contributed by atoms with Crippen molar-refractivity contribution in [2.75, 3.05) is 18.1 Å². The van der Waals surface area contributed by atoms with E-state index in [-0.39, 0.29) is 0 Å². The Labute approximate surface area is 115 Å². The third kappa shape index (κ3) is 3.71. The molecule has 0 aliphatic carbocycles. The number of aliphatic hydroxyl groups is 1. The first-order valence-corrected chi connectivity index (χ1v) is 7.80. The molecule has 0 spiro atoms. The van der Waals surface area contributed by atoms with Crippen LogP contribution in [0, 0.1) is 6.92 Å².